The van der Waals surface area contributed by atoms with Crippen molar-refractivity contribution in [3.05, 3.63) is 56.2 Å². The molecule has 4 aromatic rings. The second-order valence-electron chi connectivity index (χ2n) is 9.50. The molecule has 0 spiro atoms. The standard InChI is InChI=1S/C24H26N8O3S/c1-30(2)15-7-8-31(12-15)23(34)19-6-5-18(36-19)16-10-20(26-14-3-4-14)32-21(27-16)13(11-25-32)9-17-22(33)29-24(35)28-17/h5-6,9-11,14-15,33H,3-4,7-8,12H2,1-2H3,(H2,28,29,35)/b13-9+,26-20?. The predicted octanol–water partition coefficient (Wildman–Crippen LogP) is 0.567. The average molecular weight is 507 g/mol. The van der Waals surface area contributed by atoms with Crippen LogP contribution in [0, 0.1) is 0 Å². The zero-order valence-corrected chi connectivity index (χ0v) is 20.7. The summed E-state index contributed by atoms with van der Waals surface area (Å²) < 4.78 is 1.67. The van der Waals surface area contributed by atoms with Gasteiger partial charge in [0.05, 0.1) is 27.7 Å². The van der Waals surface area contributed by atoms with Crippen molar-refractivity contribution in [2.75, 3.05) is 27.2 Å². The second-order valence-corrected chi connectivity index (χ2v) is 10.6. The number of fused-ring (bicyclic) bond motifs is 1. The molecule has 12 heteroatoms. The van der Waals surface area contributed by atoms with E-state index in [1.807, 2.05) is 37.2 Å². The molecule has 0 aromatic carbocycles. The SMILES string of the molecule is CN(C)C1CCN(C(=O)c2ccc(-c3cc(=NC4CC4)n4nc/c(=C\c5[nH]c(=O)[nH]c5O)c4n3)s2)C1. The lowest BCUT2D eigenvalue weighted by Gasteiger charge is -2.19. The summed E-state index contributed by atoms with van der Waals surface area (Å²) in [5.74, 6) is -0.206. The van der Waals surface area contributed by atoms with E-state index in [-0.39, 0.29) is 23.5 Å². The van der Waals surface area contributed by atoms with Crippen molar-refractivity contribution in [3.8, 4) is 16.5 Å². The van der Waals surface area contributed by atoms with Gasteiger partial charge in [0.15, 0.2) is 11.1 Å². The quantitative estimate of drug-likeness (QED) is 0.362. The van der Waals surface area contributed by atoms with E-state index in [0.29, 0.717) is 33.0 Å². The molecule has 36 heavy (non-hydrogen) atoms. The molecule has 1 aliphatic carbocycles. The first-order valence-corrected chi connectivity index (χ1v) is 12.7. The highest BCUT2D eigenvalue weighted by atomic mass is 32.1. The number of amides is 1. The molecule has 2 fully saturated rings. The fourth-order valence-corrected chi connectivity index (χ4v) is 5.35. The first kappa shape index (κ1) is 22.7. The lowest BCUT2D eigenvalue weighted by Crippen LogP contribution is -2.34. The maximum absolute atomic E-state index is 13.1. The normalized spacial score (nSPS) is 19.3. The predicted molar refractivity (Wildman–Crippen MR) is 135 cm³/mol. The van der Waals surface area contributed by atoms with Gasteiger partial charge >= 0.3 is 5.69 Å². The highest BCUT2D eigenvalue weighted by Gasteiger charge is 2.29. The molecule has 1 saturated carbocycles. The number of thiophene rings is 1. The maximum Gasteiger partial charge on any atom is 0.326 e. The van der Waals surface area contributed by atoms with Gasteiger partial charge in [0, 0.05) is 30.4 Å². The number of nitrogens with zero attached hydrogens (tertiary/aromatic N) is 6. The number of likely N-dealkylation sites (tertiary alicyclic amines) is 1. The van der Waals surface area contributed by atoms with E-state index in [1.54, 1.807) is 16.8 Å². The molecule has 1 saturated heterocycles. The van der Waals surface area contributed by atoms with E-state index in [4.69, 9.17) is 9.98 Å². The third kappa shape index (κ3) is 4.22. The number of aromatic nitrogens is 5. The van der Waals surface area contributed by atoms with E-state index in [2.05, 4.69) is 20.0 Å². The minimum atomic E-state index is -0.501. The van der Waals surface area contributed by atoms with Gasteiger partial charge in [0.1, 0.15) is 5.69 Å². The summed E-state index contributed by atoms with van der Waals surface area (Å²) in [6, 6.07) is 6.34. The van der Waals surface area contributed by atoms with Gasteiger partial charge in [-0.25, -0.2) is 9.78 Å². The van der Waals surface area contributed by atoms with Crippen molar-refractivity contribution in [2.24, 2.45) is 4.99 Å². The summed E-state index contributed by atoms with van der Waals surface area (Å²) in [5.41, 5.74) is 1.66. The monoisotopic (exact) mass is 506 g/mol. The maximum atomic E-state index is 13.1. The number of H-pyrrole nitrogens is 2. The van der Waals surface area contributed by atoms with Crippen molar-refractivity contribution in [2.45, 2.75) is 31.3 Å². The van der Waals surface area contributed by atoms with Crippen LogP contribution in [0.1, 0.15) is 34.6 Å². The minimum absolute atomic E-state index is 0.0461. The third-order valence-corrected chi connectivity index (χ3v) is 7.72. The number of aromatic amines is 2. The van der Waals surface area contributed by atoms with Crippen molar-refractivity contribution in [1.82, 2.24) is 34.4 Å². The van der Waals surface area contributed by atoms with E-state index >= 15 is 0 Å². The van der Waals surface area contributed by atoms with Gasteiger partial charge in [0.2, 0.25) is 5.88 Å². The number of nitrogens with one attached hydrogen (secondary N) is 2. The molecular formula is C24H26N8O3S. The molecule has 0 radical (unpaired) electrons. The lowest BCUT2D eigenvalue weighted by molar-refractivity contribution is 0.0788. The van der Waals surface area contributed by atoms with Gasteiger partial charge in [-0.15, -0.1) is 11.3 Å². The Morgan fingerprint density at radius 1 is 1.28 bits per heavy atom. The fraction of sp³-hybridized carbons (Fsp3) is 0.375. The highest BCUT2D eigenvalue weighted by molar-refractivity contribution is 7.17. The van der Waals surface area contributed by atoms with E-state index in [0.717, 1.165) is 37.2 Å². The Labute approximate surface area is 209 Å². The van der Waals surface area contributed by atoms with Crippen LogP contribution in [0.2, 0.25) is 0 Å². The summed E-state index contributed by atoms with van der Waals surface area (Å²) in [4.78, 5) is 44.8. The molecule has 11 nitrogen and oxygen atoms in total. The molecule has 2 aliphatic rings. The highest BCUT2D eigenvalue weighted by Crippen LogP contribution is 2.29. The lowest BCUT2D eigenvalue weighted by atomic mass is 10.2. The topological polar surface area (TPSA) is 135 Å². The first-order valence-electron chi connectivity index (χ1n) is 11.9. The van der Waals surface area contributed by atoms with Crippen LogP contribution >= 0.6 is 11.3 Å². The Morgan fingerprint density at radius 2 is 2.11 bits per heavy atom. The summed E-state index contributed by atoms with van der Waals surface area (Å²) in [6.07, 6.45) is 6.30. The van der Waals surface area contributed by atoms with Crippen molar-refractivity contribution in [1.29, 1.82) is 0 Å². The second kappa shape index (κ2) is 8.71. The number of aromatic hydroxyl groups is 1. The van der Waals surface area contributed by atoms with Crippen LogP contribution in [-0.2, 0) is 0 Å². The van der Waals surface area contributed by atoms with Crippen LogP contribution in [0.25, 0.3) is 22.3 Å². The Bertz CT molecular complexity index is 1640. The molecule has 1 aliphatic heterocycles. The zero-order valence-electron chi connectivity index (χ0n) is 19.9. The summed E-state index contributed by atoms with van der Waals surface area (Å²) in [7, 11) is 4.09. The first-order chi connectivity index (χ1) is 17.4. The fourth-order valence-electron chi connectivity index (χ4n) is 4.42. The molecule has 4 aromatic heterocycles. The van der Waals surface area contributed by atoms with Crippen LogP contribution in [0.5, 0.6) is 5.88 Å². The number of carbonyl (C=O) groups excluding carboxylic acids is 1. The van der Waals surface area contributed by atoms with Crippen LogP contribution in [0.3, 0.4) is 0 Å². The molecule has 0 bridgehead atoms. The molecule has 1 atom stereocenters. The number of imidazole rings is 1. The van der Waals surface area contributed by atoms with Crippen LogP contribution in [-0.4, -0.2) is 84.6 Å². The molecular weight excluding hydrogens is 480 g/mol. The van der Waals surface area contributed by atoms with Crippen molar-refractivity contribution < 1.29 is 9.90 Å². The Hall–Kier alpha value is -3.77. The van der Waals surface area contributed by atoms with Gasteiger partial charge in [0.25, 0.3) is 5.91 Å². The number of hydrogen-bond acceptors (Lipinski definition) is 8. The zero-order chi connectivity index (χ0) is 25.0. The van der Waals surface area contributed by atoms with Crippen molar-refractivity contribution in [3.63, 3.8) is 0 Å². The molecule has 1 unspecified atom stereocenters. The van der Waals surface area contributed by atoms with Gasteiger partial charge < -0.3 is 19.9 Å². The summed E-state index contributed by atoms with van der Waals surface area (Å²) in [6.45, 7) is 1.49. The smallest absolute Gasteiger partial charge is 0.326 e. The van der Waals surface area contributed by atoms with Gasteiger partial charge in [-0.3, -0.25) is 14.8 Å². The van der Waals surface area contributed by atoms with Gasteiger partial charge in [-0.05, 0) is 51.6 Å². The van der Waals surface area contributed by atoms with Crippen LogP contribution < -0.4 is 16.4 Å². The largest absolute Gasteiger partial charge is 0.493 e. The van der Waals surface area contributed by atoms with Crippen LogP contribution in [0.4, 0.5) is 0 Å². The molecule has 5 heterocycles. The van der Waals surface area contributed by atoms with Gasteiger partial charge in [-0.1, -0.05) is 0 Å². The van der Waals surface area contributed by atoms with Crippen molar-refractivity contribution >= 4 is 29.0 Å². The van der Waals surface area contributed by atoms with E-state index in [1.165, 1.54) is 11.3 Å². The Balaban J connectivity index is 1.40. The number of carbonyl (C=O) groups is 1. The van der Waals surface area contributed by atoms with Gasteiger partial charge in [-0.2, -0.15) is 9.61 Å². The number of rotatable bonds is 5. The molecule has 3 N–H and O–H groups in total. The van der Waals surface area contributed by atoms with E-state index in [9.17, 15) is 14.7 Å². The molecule has 1 amide bonds. The molecule has 6 rings (SSSR count). The van der Waals surface area contributed by atoms with E-state index < -0.39 is 5.69 Å². The summed E-state index contributed by atoms with van der Waals surface area (Å²) >= 11 is 1.42. The molecule has 186 valence electrons. The average Bonchev–Trinajstić information content (AvgIpc) is 3.25. The van der Waals surface area contributed by atoms with Crippen LogP contribution in [0.15, 0.2) is 34.2 Å². The Kier molecular flexibility index (Phi) is 5.49. The Morgan fingerprint density at radius 3 is 2.81 bits per heavy atom. The minimum Gasteiger partial charge on any atom is -0.493 e. The third-order valence-electron chi connectivity index (χ3n) is 6.63. The number of hydrogen-bond donors (Lipinski definition) is 3. The summed E-state index contributed by atoms with van der Waals surface area (Å²) in [5, 5.41) is 15.1. The number of likely N-dealkylation sites (N-methyl/N-ethyl adjacent to an activating group) is 1.